The maximum atomic E-state index is 5.43. The van der Waals surface area contributed by atoms with Crippen LogP contribution in [0.5, 0.6) is 0 Å². The molecule has 1 atom stereocenters. The number of nitrogens with zero attached hydrogens (tertiary/aromatic N) is 1. The molecule has 0 radical (unpaired) electrons. The molecule has 1 heterocycles. The third-order valence-electron chi connectivity index (χ3n) is 3.41. The number of hydrogen-bond donors (Lipinski definition) is 2. The maximum Gasteiger partial charge on any atom is 0.171 e. The molecule has 0 saturated carbocycles. The zero-order chi connectivity index (χ0) is 15.2. The Labute approximate surface area is 131 Å². The molecule has 1 aromatic carbocycles. The lowest BCUT2D eigenvalue weighted by molar-refractivity contribution is 0.471. The van der Waals surface area contributed by atoms with E-state index in [1.165, 1.54) is 11.1 Å². The zero-order valence-corrected chi connectivity index (χ0v) is 13.4. The number of aromatic nitrogens is 1. The van der Waals surface area contributed by atoms with Crippen molar-refractivity contribution in [1.29, 1.82) is 0 Å². The Morgan fingerprint density at radius 2 is 1.76 bits per heavy atom. The van der Waals surface area contributed by atoms with Crippen LogP contribution in [0.15, 0.2) is 48.8 Å². The number of benzene rings is 1. The summed E-state index contributed by atoms with van der Waals surface area (Å²) in [6.07, 6.45) is 3.48. The summed E-state index contributed by atoms with van der Waals surface area (Å²) in [5.41, 5.74) is 3.50. The van der Waals surface area contributed by atoms with Gasteiger partial charge in [-0.1, -0.05) is 38.1 Å². The predicted molar refractivity (Wildman–Crippen MR) is 92.4 cm³/mol. The quantitative estimate of drug-likeness (QED) is 0.834. The standard InChI is InChI=1S/C17H21N3S/c1-12(2)16(15-7-5-4-6-13(15)3)20-17(21)19-14-8-10-18-11-9-14/h4-12,16H,1-3H3,(H2,18,19,20,21). The van der Waals surface area contributed by atoms with Gasteiger partial charge in [0.25, 0.3) is 0 Å². The Morgan fingerprint density at radius 3 is 2.38 bits per heavy atom. The Kier molecular flexibility index (Phi) is 5.28. The van der Waals surface area contributed by atoms with Crippen molar-refractivity contribution in [2.45, 2.75) is 26.8 Å². The van der Waals surface area contributed by atoms with E-state index >= 15 is 0 Å². The van der Waals surface area contributed by atoms with Gasteiger partial charge in [0.2, 0.25) is 0 Å². The molecule has 1 aromatic heterocycles. The number of rotatable bonds is 4. The monoisotopic (exact) mass is 299 g/mol. The molecule has 110 valence electrons. The van der Waals surface area contributed by atoms with Crippen LogP contribution in [0.4, 0.5) is 5.69 Å². The van der Waals surface area contributed by atoms with Crippen LogP contribution >= 0.6 is 12.2 Å². The number of anilines is 1. The van der Waals surface area contributed by atoms with Crippen LogP contribution in [0.3, 0.4) is 0 Å². The number of thiocarbonyl (C=S) groups is 1. The summed E-state index contributed by atoms with van der Waals surface area (Å²) in [5, 5.41) is 7.25. The molecular weight excluding hydrogens is 278 g/mol. The minimum Gasteiger partial charge on any atom is -0.355 e. The summed E-state index contributed by atoms with van der Waals surface area (Å²) in [5.74, 6) is 0.434. The maximum absolute atomic E-state index is 5.43. The molecule has 0 fully saturated rings. The normalized spacial score (nSPS) is 12.0. The van der Waals surface area contributed by atoms with Gasteiger partial charge in [-0.05, 0) is 48.3 Å². The molecule has 0 spiro atoms. The number of nitrogens with one attached hydrogen (secondary N) is 2. The third-order valence-corrected chi connectivity index (χ3v) is 3.63. The van der Waals surface area contributed by atoms with E-state index in [0.29, 0.717) is 11.0 Å². The van der Waals surface area contributed by atoms with Crippen LogP contribution in [0, 0.1) is 12.8 Å². The molecule has 1 unspecified atom stereocenters. The largest absolute Gasteiger partial charge is 0.355 e. The second-order valence-electron chi connectivity index (χ2n) is 5.41. The lowest BCUT2D eigenvalue weighted by atomic mass is 9.93. The van der Waals surface area contributed by atoms with Gasteiger partial charge in [-0.3, -0.25) is 4.98 Å². The van der Waals surface area contributed by atoms with Crippen molar-refractivity contribution >= 4 is 23.0 Å². The van der Waals surface area contributed by atoms with E-state index in [1.807, 2.05) is 12.1 Å². The van der Waals surface area contributed by atoms with Gasteiger partial charge in [0.1, 0.15) is 0 Å². The number of pyridine rings is 1. The van der Waals surface area contributed by atoms with Gasteiger partial charge in [-0.2, -0.15) is 0 Å². The van der Waals surface area contributed by atoms with Crippen LogP contribution in [-0.2, 0) is 0 Å². The summed E-state index contributed by atoms with van der Waals surface area (Å²) in [6.45, 7) is 6.52. The fourth-order valence-electron chi connectivity index (χ4n) is 2.28. The van der Waals surface area contributed by atoms with Crippen molar-refractivity contribution in [1.82, 2.24) is 10.3 Å². The minimum absolute atomic E-state index is 0.188. The van der Waals surface area contributed by atoms with Gasteiger partial charge in [0.15, 0.2) is 5.11 Å². The first-order valence-electron chi connectivity index (χ1n) is 7.11. The van der Waals surface area contributed by atoms with Gasteiger partial charge in [0.05, 0.1) is 6.04 Å². The predicted octanol–water partition coefficient (Wildman–Crippen LogP) is 4.07. The Hall–Kier alpha value is -1.94. The lowest BCUT2D eigenvalue weighted by Gasteiger charge is -2.26. The summed E-state index contributed by atoms with van der Waals surface area (Å²) in [4.78, 5) is 4.00. The van der Waals surface area contributed by atoms with Crippen molar-refractivity contribution in [3.8, 4) is 0 Å². The number of hydrogen-bond acceptors (Lipinski definition) is 2. The lowest BCUT2D eigenvalue weighted by Crippen LogP contribution is -2.35. The van der Waals surface area contributed by atoms with E-state index in [-0.39, 0.29) is 6.04 Å². The van der Waals surface area contributed by atoms with Crippen molar-refractivity contribution < 1.29 is 0 Å². The first-order valence-corrected chi connectivity index (χ1v) is 7.52. The molecule has 0 aliphatic rings. The average Bonchev–Trinajstić information content (AvgIpc) is 2.46. The summed E-state index contributed by atoms with van der Waals surface area (Å²) < 4.78 is 0. The van der Waals surface area contributed by atoms with E-state index in [4.69, 9.17) is 12.2 Å². The Morgan fingerprint density at radius 1 is 1.10 bits per heavy atom. The average molecular weight is 299 g/mol. The zero-order valence-electron chi connectivity index (χ0n) is 12.6. The molecule has 0 aliphatic heterocycles. The first kappa shape index (κ1) is 15.4. The molecular formula is C17H21N3S. The fourth-order valence-corrected chi connectivity index (χ4v) is 2.53. The van der Waals surface area contributed by atoms with Gasteiger partial charge in [0, 0.05) is 18.1 Å². The highest BCUT2D eigenvalue weighted by atomic mass is 32.1. The third kappa shape index (κ3) is 4.26. The minimum atomic E-state index is 0.188. The van der Waals surface area contributed by atoms with Crippen LogP contribution in [0.2, 0.25) is 0 Å². The smallest absolute Gasteiger partial charge is 0.171 e. The van der Waals surface area contributed by atoms with E-state index in [2.05, 4.69) is 60.7 Å². The molecule has 0 aliphatic carbocycles. The van der Waals surface area contributed by atoms with E-state index in [9.17, 15) is 0 Å². The van der Waals surface area contributed by atoms with Crippen molar-refractivity contribution in [3.63, 3.8) is 0 Å². The van der Waals surface area contributed by atoms with E-state index in [0.717, 1.165) is 5.69 Å². The van der Waals surface area contributed by atoms with Gasteiger partial charge < -0.3 is 10.6 Å². The summed E-state index contributed by atoms with van der Waals surface area (Å²) in [7, 11) is 0. The van der Waals surface area contributed by atoms with Crippen molar-refractivity contribution in [3.05, 3.63) is 59.9 Å². The fraction of sp³-hybridized carbons (Fsp3) is 0.294. The Bertz CT molecular complexity index is 596. The van der Waals surface area contributed by atoms with E-state index in [1.54, 1.807) is 12.4 Å². The molecule has 2 aromatic rings. The number of aryl methyl sites for hydroxylation is 1. The molecule has 0 amide bonds. The molecule has 2 rings (SSSR count). The van der Waals surface area contributed by atoms with E-state index < -0.39 is 0 Å². The van der Waals surface area contributed by atoms with Crippen LogP contribution < -0.4 is 10.6 Å². The van der Waals surface area contributed by atoms with Crippen molar-refractivity contribution in [2.24, 2.45) is 5.92 Å². The molecule has 0 bridgehead atoms. The second-order valence-corrected chi connectivity index (χ2v) is 5.82. The molecule has 2 N–H and O–H groups in total. The Balaban J connectivity index is 2.10. The molecule has 4 heteroatoms. The SMILES string of the molecule is Cc1ccccc1C(NC(=S)Nc1ccncc1)C(C)C. The highest BCUT2D eigenvalue weighted by Crippen LogP contribution is 2.24. The van der Waals surface area contributed by atoms with Crippen LogP contribution in [0.1, 0.15) is 31.0 Å². The summed E-state index contributed by atoms with van der Waals surface area (Å²) >= 11 is 5.43. The topological polar surface area (TPSA) is 37.0 Å². The van der Waals surface area contributed by atoms with Crippen LogP contribution in [0.25, 0.3) is 0 Å². The molecule has 3 nitrogen and oxygen atoms in total. The van der Waals surface area contributed by atoms with Gasteiger partial charge >= 0.3 is 0 Å². The first-order chi connectivity index (χ1) is 10.1. The van der Waals surface area contributed by atoms with Crippen molar-refractivity contribution in [2.75, 3.05) is 5.32 Å². The molecule has 0 saturated heterocycles. The van der Waals surface area contributed by atoms with Crippen LogP contribution in [-0.4, -0.2) is 10.1 Å². The van der Waals surface area contributed by atoms with Gasteiger partial charge in [-0.25, -0.2) is 0 Å². The van der Waals surface area contributed by atoms with Gasteiger partial charge in [-0.15, -0.1) is 0 Å². The highest BCUT2D eigenvalue weighted by Gasteiger charge is 2.18. The molecule has 21 heavy (non-hydrogen) atoms. The highest BCUT2D eigenvalue weighted by molar-refractivity contribution is 7.80. The second kappa shape index (κ2) is 7.18. The summed E-state index contributed by atoms with van der Waals surface area (Å²) in [6, 6.07) is 12.4.